The Morgan fingerprint density at radius 3 is 2.48 bits per heavy atom. The van der Waals surface area contributed by atoms with E-state index in [1.165, 1.54) is 25.3 Å². The summed E-state index contributed by atoms with van der Waals surface area (Å²) in [4.78, 5) is 22.9. The van der Waals surface area contributed by atoms with Gasteiger partial charge >= 0.3 is 5.69 Å². The second-order valence-electron chi connectivity index (χ2n) is 4.47. The van der Waals surface area contributed by atoms with Gasteiger partial charge in [-0.15, -0.1) is 0 Å². The smallest absolute Gasteiger partial charge is 0.311 e. The van der Waals surface area contributed by atoms with Crippen molar-refractivity contribution < 1.29 is 14.5 Å². The van der Waals surface area contributed by atoms with Crippen LogP contribution in [0.4, 0.5) is 5.69 Å². The first kappa shape index (κ1) is 17.9. The number of nitro benzene ring substituents is 1. The van der Waals surface area contributed by atoms with Gasteiger partial charge in [0.15, 0.2) is 0 Å². The van der Waals surface area contributed by atoms with Gasteiger partial charge in [-0.25, -0.2) is 0 Å². The highest BCUT2D eigenvalue weighted by Gasteiger charge is 2.30. The summed E-state index contributed by atoms with van der Waals surface area (Å²) in [5, 5.41) is 15.0. The van der Waals surface area contributed by atoms with E-state index in [9.17, 15) is 14.9 Å². The van der Waals surface area contributed by atoms with Gasteiger partial charge in [0.2, 0.25) is 5.75 Å². The molecule has 0 spiro atoms. The van der Waals surface area contributed by atoms with Gasteiger partial charge in [-0.3, -0.25) is 14.9 Å². The van der Waals surface area contributed by atoms with Gasteiger partial charge < -0.3 is 10.1 Å². The monoisotopic (exact) mass is 422 g/mol. The molecule has 21 heavy (non-hydrogen) atoms. The molecule has 8 heteroatoms. The van der Waals surface area contributed by atoms with E-state index in [0.29, 0.717) is 17.1 Å². The third kappa shape index (κ3) is 3.94. The lowest BCUT2D eigenvalue weighted by atomic mass is 10.0. The number of carbonyl (C=O) groups excluding carboxylic acids is 1. The van der Waals surface area contributed by atoms with Crippen molar-refractivity contribution in [1.29, 1.82) is 0 Å². The lowest BCUT2D eigenvalue weighted by Crippen LogP contribution is -2.51. The van der Waals surface area contributed by atoms with Crippen molar-refractivity contribution in [3.63, 3.8) is 0 Å². The van der Waals surface area contributed by atoms with Gasteiger partial charge in [0.1, 0.15) is 0 Å². The van der Waals surface area contributed by atoms with Crippen LogP contribution in [0.2, 0.25) is 0 Å². The van der Waals surface area contributed by atoms with Crippen LogP contribution in [0.5, 0.6) is 5.75 Å². The van der Waals surface area contributed by atoms with Gasteiger partial charge in [0.05, 0.1) is 23.1 Å². The number of hydrogen-bond donors (Lipinski definition) is 1. The van der Waals surface area contributed by atoms with Crippen LogP contribution in [0, 0.1) is 10.1 Å². The highest BCUT2D eigenvalue weighted by atomic mass is 79.9. The maximum atomic E-state index is 12.4. The first-order chi connectivity index (χ1) is 9.94. The minimum atomic E-state index is -0.572. The fraction of sp³-hybridized carbons (Fsp3) is 0.462. The first-order valence-corrected chi connectivity index (χ1v) is 8.44. The van der Waals surface area contributed by atoms with Gasteiger partial charge in [-0.05, 0) is 12.5 Å². The highest BCUT2D eigenvalue weighted by Crippen LogP contribution is 2.31. The maximum absolute atomic E-state index is 12.4. The zero-order valence-corrected chi connectivity index (χ0v) is 14.9. The molecule has 0 saturated heterocycles. The molecule has 6 nitrogen and oxygen atoms in total. The molecule has 0 aromatic heterocycles. The molecule has 1 amide bonds. The minimum absolute atomic E-state index is 0.0332. The van der Waals surface area contributed by atoms with Crippen LogP contribution in [0.25, 0.3) is 0 Å². The molecule has 0 bridgehead atoms. The topological polar surface area (TPSA) is 81.5 Å². The van der Waals surface area contributed by atoms with E-state index in [1.54, 1.807) is 0 Å². The SMILES string of the molecule is CCC(CBr)(CBr)NC(=O)c1cccc([N+](=O)[O-])c1OC. The summed E-state index contributed by atoms with van der Waals surface area (Å²) in [5.41, 5.74) is -0.552. The molecule has 0 aliphatic heterocycles. The molecule has 1 N–H and O–H groups in total. The van der Waals surface area contributed by atoms with Gasteiger partial charge in [-0.1, -0.05) is 44.8 Å². The fourth-order valence-electron chi connectivity index (χ4n) is 1.75. The van der Waals surface area contributed by atoms with E-state index < -0.39 is 16.4 Å². The summed E-state index contributed by atoms with van der Waals surface area (Å²) in [6.07, 6.45) is 0.701. The lowest BCUT2D eigenvalue weighted by Gasteiger charge is -2.30. The molecule has 116 valence electrons. The largest absolute Gasteiger partial charge is 0.490 e. The summed E-state index contributed by atoms with van der Waals surface area (Å²) in [5.74, 6) is -0.439. The number of nitrogens with zero attached hydrogens (tertiary/aromatic N) is 1. The van der Waals surface area contributed by atoms with E-state index in [1.807, 2.05) is 6.92 Å². The predicted molar refractivity (Wildman–Crippen MR) is 87.7 cm³/mol. The Balaban J connectivity index is 3.19. The van der Waals surface area contributed by atoms with Crippen LogP contribution < -0.4 is 10.1 Å². The Kier molecular flexibility index (Phi) is 6.60. The van der Waals surface area contributed by atoms with Crippen LogP contribution in [0.3, 0.4) is 0 Å². The lowest BCUT2D eigenvalue weighted by molar-refractivity contribution is -0.385. The van der Waals surface area contributed by atoms with Crippen LogP contribution in [-0.4, -0.2) is 34.1 Å². The van der Waals surface area contributed by atoms with E-state index in [2.05, 4.69) is 37.2 Å². The molecule has 0 aliphatic rings. The Morgan fingerprint density at radius 1 is 1.43 bits per heavy atom. The van der Waals surface area contributed by atoms with Gasteiger partial charge in [-0.2, -0.15) is 0 Å². The number of para-hydroxylation sites is 1. The van der Waals surface area contributed by atoms with Crippen LogP contribution >= 0.6 is 31.9 Å². The number of alkyl halides is 2. The third-order valence-electron chi connectivity index (χ3n) is 3.21. The quantitative estimate of drug-likeness (QED) is 0.414. The van der Waals surface area contributed by atoms with Crippen LogP contribution in [0.1, 0.15) is 23.7 Å². The molecule has 0 saturated carbocycles. The second kappa shape index (κ2) is 7.74. The van der Waals surface area contributed by atoms with Crippen molar-refractivity contribution in [2.24, 2.45) is 0 Å². The molecular formula is C13H16Br2N2O4. The molecule has 1 rings (SSSR count). The number of halogens is 2. The van der Waals surface area contributed by atoms with E-state index in [0.717, 1.165) is 0 Å². The molecule has 0 atom stereocenters. The fourth-order valence-corrected chi connectivity index (χ4v) is 3.75. The molecule has 0 heterocycles. The molecule has 0 aliphatic carbocycles. The Hall–Kier alpha value is -1.15. The van der Waals surface area contributed by atoms with E-state index >= 15 is 0 Å². The number of ether oxygens (including phenoxy) is 1. The predicted octanol–water partition coefficient (Wildman–Crippen LogP) is 3.27. The normalized spacial score (nSPS) is 11.0. The summed E-state index contributed by atoms with van der Waals surface area (Å²) in [7, 11) is 1.31. The Labute approximate surface area is 139 Å². The number of carbonyl (C=O) groups is 1. The van der Waals surface area contributed by atoms with Crippen molar-refractivity contribution >= 4 is 43.5 Å². The van der Waals surface area contributed by atoms with Gasteiger partial charge in [0, 0.05) is 16.7 Å². The minimum Gasteiger partial charge on any atom is -0.490 e. The van der Waals surface area contributed by atoms with Crippen molar-refractivity contribution in [3.8, 4) is 5.75 Å². The van der Waals surface area contributed by atoms with E-state index in [4.69, 9.17) is 4.74 Å². The van der Waals surface area contributed by atoms with Crippen molar-refractivity contribution in [2.75, 3.05) is 17.8 Å². The highest BCUT2D eigenvalue weighted by molar-refractivity contribution is 9.09. The average molecular weight is 424 g/mol. The Morgan fingerprint density at radius 2 is 2.05 bits per heavy atom. The summed E-state index contributed by atoms with van der Waals surface area (Å²) >= 11 is 6.77. The molecule has 1 aromatic rings. The van der Waals surface area contributed by atoms with E-state index in [-0.39, 0.29) is 17.0 Å². The zero-order chi connectivity index (χ0) is 16.0. The maximum Gasteiger partial charge on any atom is 0.311 e. The number of amides is 1. The molecule has 0 fully saturated rings. The molecule has 1 aromatic carbocycles. The Bertz CT molecular complexity index is 525. The molecule has 0 radical (unpaired) electrons. The van der Waals surface area contributed by atoms with Crippen molar-refractivity contribution in [2.45, 2.75) is 18.9 Å². The molecular weight excluding hydrogens is 408 g/mol. The van der Waals surface area contributed by atoms with Crippen molar-refractivity contribution in [1.82, 2.24) is 5.32 Å². The van der Waals surface area contributed by atoms with Crippen LogP contribution in [0.15, 0.2) is 18.2 Å². The third-order valence-corrected chi connectivity index (χ3v) is 5.35. The van der Waals surface area contributed by atoms with Crippen molar-refractivity contribution in [3.05, 3.63) is 33.9 Å². The second-order valence-corrected chi connectivity index (χ2v) is 5.59. The number of rotatable bonds is 7. The number of nitrogens with one attached hydrogen (secondary N) is 1. The first-order valence-electron chi connectivity index (χ1n) is 6.20. The van der Waals surface area contributed by atoms with Crippen LogP contribution in [-0.2, 0) is 0 Å². The average Bonchev–Trinajstić information content (AvgIpc) is 2.51. The summed E-state index contributed by atoms with van der Waals surface area (Å²) in [6.45, 7) is 1.95. The summed E-state index contributed by atoms with van der Waals surface area (Å²) < 4.78 is 5.05. The number of hydrogen-bond acceptors (Lipinski definition) is 4. The molecule has 0 unspecified atom stereocenters. The van der Waals surface area contributed by atoms with Gasteiger partial charge in [0.25, 0.3) is 5.91 Å². The summed E-state index contributed by atoms with van der Waals surface area (Å²) in [6, 6.07) is 4.27. The number of nitro groups is 1. The standard InChI is InChI=1S/C13H16Br2N2O4/c1-3-13(7-14,8-15)16-12(18)9-5-4-6-10(17(19)20)11(9)21-2/h4-6H,3,7-8H2,1-2H3,(H,16,18). The zero-order valence-electron chi connectivity index (χ0n) is 11.7. The number of methoxy groups -OCH3 is 1. The number of benzene rings is 1.